The van der Waals surface area contributed by atoms with Crippen molar-refractivity contribution in [1.29, 1.82) is 0 Å². The number of carbonyl (C=O) groups is 1. The standard InChI is InChI=1S/C18H28O3/c1-20-17-13-16(14-18(15-17)21-2)11-9-7-5-3-4-6-8-10-12-19/h12-15H,3-11H2,1-2H3. The lowest BCUT2D eigenvalue weighted by Gasteiger charge is -2.08. The molecule has 0 aliphatic carbocycles. The van der Waals surface area contributed by atoms with Gasteiger partial charge in [-0.25, -0.2) is 0 Å². The molecule has 0 saturated carbocycles. The summed E-state index contributed by atoms with van der Waals surface area (Å²) in [5.74, 6) is 1.72. The number of benzene rings is 1. The van der Waals surface area contributed by atoms with Gasteiger partial charge in [-0.05, 0) is 37.0 Å². The van der Waals surface area contributed by atoms with Gasteiger partial charge in [0.1, 0.15) is 17.8 Å². The normalized spacial score (nSPS) is 10.4. The van der Waals surface area contributed by atoms with Crippen LogP contribution in [0.15, 0.2) is 18.2 Å². The number of hydrogen-bond donors (Lipinski definition) is 0. The molecule has 0 spiro atoms. The lowest BCUT2D eigenvalue weighted by atomic mass is 10.0. The first-order valence-corrected chi connectivity index (χ1v) is 7.95. The van der Waals surface area contributed by atoms with Gasteiger partial charge in [0.25, 0.3) is 0 Å². The van der Waals surface area contributed by atoms with E-state index in [1.807, 2.05) is 6.07 Å². The second-order valence-corrected chi connectivity index (χ2v) is 5.40. The van der Waals surface area contributed by atoms with E-state index in [0.29, 0.717) is 0 Å². The van der Waals surface area contributed by atoms with Crippen molar-refractivity contribution in [2.45, 2.75) is 57.8 Å². The van der Waals surface area contributed by atoms with Gasteiger partial charge in [-0.3, -0.25) is 0 Å². The summed E-state index contributed by atoms with van der Waals surface area (Å²) in [6.45, 7) is 0. The summed E-state index contributed by atoms with van der Waals surface area (Å²) in [7, 11) is 3.37. The largest absolute Gasteiger partial charge is 0.497 e. The monoisotopic (exact) mass is 292 g/mol. The van der Waals surface area contributed by atoms with Crippen LogP contribution in [0.2, 0.25) is 0 Å². The van der Waals surface area contributed by atoms with Crippen molar-refractivity contribution in [3.05, 3.63) is 23.8 Å². The number of carbonyl (C=O) groups excluding carboxylic acids is 1. The zero-order valence-electron chi connectivity index (χ0n) is 13.4. The van der Waals surface area contributed by atoms with E-state index in [-0.39, 0.29) is 0 Å². The van der Waals surface area contributed by atoms with Crippen LogP contribution in [0.3, 0.4) is 0 Å². The molecule has 1 aromatic carbocycles. The minimum Gasteiger partial charge on any atom is -0.497 e. The van der Waals surface area contributed by atoms with E-state index >= 15 is 0 Å². The third kappa shape index (κ3) is 7.74. The van der Waals surface area contributed by atoms with E-state index in [4.69, 9.17) is 9.47 Å². The van der Waals surface area contributed by atoms with Crippen molar-refractivity contribution in [2.75, 3.05) is 14.2 Å². The molecule has 0 N–H and O–H groups in total. The van der Waals surface area contributed by atoms with E-state index in [1.165, 1.54) is 44.1 Å². The van der Waals surface area contributed by atoms with Gasteiger partial charge in [-0.1, -0.05) is 32.1 Å². The van der Waals surface area contributed by atoms with Gasteiger partial charge in [0.05, 0.1) is 14.2 Å². The van der Waals surface area contributed by atoms with Gasteiger partial charge in [-0.2, -0.15) is 0 Å². The van der Waals surface area contributed by atoms with Gasteiger partial charge in [0.15, 0.2) is 0 Å². The van der Waals surface area contributed by atoms with Gasteiger partial charge in [-0.15, -0.1) is 0 Å². The lowest BCUT2D eigenvalue weighted by Crippen LogP contribution is -1.92. The Morgan fingerprint density at radius 3 is 1.86 bits per heavy atom. The van der Waals surface area contributed by atoms with Gasteiger partial charge in [0.2, 0.25) is 0 Å². The van der Waals surface area contributed by atoms with Gasteiger partial charge < -0.3 is 14.3 Å². The Morgan fingerprint density at radius 2 is 1.33 bits per heavy atom. The summed E-state index contributed by atoms with van der Waals surface area (Å²) in [6, 6.07) is 6.08. The summed E-state index contributed by atoms with van der Waals surface area (Å²) < 4.78 is 10.6. The molecule has 118 valence electrons. The van der Waals surface area contributed by atoms with Crippen molar-refractivity contribution < 1.29 is 14.3 Å². The van der Waals surface area contributed by atoms with Crippen LogP contribution < -0.4 is 9.47 Å². The molecule has 3 nitrogen and oxygen atoms in total. The van der Waals surface area contributed by atoms with E-state index < -0.39 is 0 Å². The zero-order chi connectivity index (χ0) is 15.3. The van der Waals surface area contributed by atoms with Gasteiger partial charge in [0, 0.05) is 12.5 Å². The summed E-state index contributed by atoms with van der Waals surface area (Å²) in [4.78, 5) is 10.2. The summed E-state index contributed by atoms with van der Waals surface area (Å²) >= 11 is 0. The Bertz CT molecular complexity index is 379. The van der Waals surface area contributed by atoms with Crippen molar-refractivity contribution in [1.82, 2.24) is 0 Å². The molecule has 1 rings (SSSR count). The second-order valence-electron chi connectivity index (χ2n) is 5.40. The Labute approximate surface area is 128 Å². The van der Waals surface area contributed by atoms with Crippen LogP contribution in [-0.4, -0.2) is 20.5 Å². The third-order valence-corrected chi connectivity index (χ3v) is 3.70. The second kappa shape index (κ2) is 11.2. The van der Waals surface area contributed by atoms with Crippen LogP contribution >= 0.6 is 0 Å². The number of unbranched alkanes of at least 4 members (excludes halogenated alkanes) is 7. The number of aryl methyl sites for hydroxylation is 1. The molecule has 21 heavy (non-hydrogen) atoms. The van der Waals surface area contributed by atoms with Gasteiger partial charge >= 0.3 is 0 Å². The third-order valence-electron chi connectivity index (χ3n) is 3.70. The molecule has 0 unspecified atom stereocenters. The molecule has 0 radical (unpaired) electrons. The Hall–Kier alpha value is -1.51. The molecular weight excluding hydrogens is 264 g/mol. The first-order valence-electron chi connectivity index (χ1n) is 7.95. The van der Waals surface area contributed by atoms with Crippen LogP contribution in [-0.2, 0) is 11.2 Å². The van der Waals surface area contributed by atoms with Crippen molar-refractivity contribution in [3.8, 4) is 11.5 Å². The minimum absolute atomic E-state index is 0.720. The fraction of sp³-hybridized carbons (Fsp3) is 0.611. The van der Waals surface area contributed by atoms with E-state index in [9.17, 15) is 4.79 Å². The highest BCUT2D eigenvalue weighted by atomic mass is 16.5. The molecule has 3 heteroatoms. The molecule has 0 heterocycles. The molecule has 0 saturated heterocycles. The predicted molar refractivity (Wildman–Crippen MR) is 86.3 cm³/mol. The number of aldehydes is 1. The van der Waals surface area contributed by atoms with Crippen molar-refractivity contribution in [3.63, 3.8) is 0 Å². The van der Waals surface area contributed by atoms with Crippen molar-refractivity contribution in [2.24, 2.45) is 0 Å². The molecule has 0 fully saturated rings. The Kier molecular flexibility index (Phi) is 9.34. The highest BCUT2D eigenvalue weighted by Crippen LogP contribution is 2.23. The quantitative estimate of drug-likeness (QED) is 0.418. The molecule has 0 bridgehead atoms. The predicted octanol–water partition coefficient (Wildman–Crippen LogP) is 4.57. The molecule has 0 amide bonds. The SMILES string of the molecule is COc1cc(CCCCCCCCCC=O)cc(OC)c1. The number of methoxy groups -OCH3 is 2. The summed E-state index contributed by atoms with van der Waals surface area (Å²) in [5.41, 5.74) is 1.28. The maximum atomic E-state index is 10.2. The smallest absolute Gasteiger partial charge is 0.122 e. The van der Waals surface area contributed by atoms with Crippen LogP contribution in [0, 0.1) is 0 Å². The minimum atomic E-state index is 0.720. The Morgan fingerprint density at radius 1 is 0.810 bits per heavy atom. The highest BCUT2D eigenvalue weighted by Gasteiger charge is 2.02. The fourth-order valence-electron chi connectivity index (χ4n) is 2.45. The first kappa shape index (κ1) is 17.5. The van der Waals surface area contributed by atoms with E-state index in [2.05, 4.69) is 12.1 Å². The Balaban J connectivity index is 2.16. The molecule has 0 aromatic heterocycles. The molecular formula is C18H28O3. The number of rotatable bonds is 12. The maximum Gasteiger partial charge on any atom is 0.122 e. The van der Waals surface area contributed by atoms with Crippen LogP contribution in [0.4, 0.5) is 0 Å². The fourth-order valence-corrected chi connectivity index (χ4v) is 2.45. The number of ether oxygens (including phenoxy) is 2. The zero-order valence-corrected chi connectivity index (χ0v) is 13.4. The van der Waals surface area contributed by atoms with Crippen LogP contribution in [0.1, 0.15) is 56.9 Å². The van der Waals surface area contributed by atoms with E-state index in [1.54, 1.807) is 14.2 Å². The molecule has 0 aliphatic rings. The lowest BCUT2D eigenvalue weighted by molar-refractivity contribution is -0.107. The summed E-state index contributed by atoms with van der Waals surface area (Å²) in [5, 5.41) is 0. The highest BCUT2D eigenvalue weighted by molar-refractivity contribution is 5.48. The molecule has 0 aliphatic heterocycles. The van der Waals surface area contributed by atoms with Crippen LogP contribution in [0.5, 0.6) is 11.5 Å². The van der Waals surface area contributed by atoms with E-state index in [0.717, 1.165) is 37.0 Å². The molecule has 1 aromatic rings. The topological polar surface area (TPSA) is 35.5 Å². The maximum absolute atomic E-state index is 10.2. The van der Waals surface area contributed by atoms with Crippen LogP contribution in [0.25, 0.3) is 0 Å². The average molecular weight is 292 g/mol. The average Bonchev–Trinajstić information content (AvgIpc) is 2.52. The summed E-state index contributed by atoms with van der Waals surface area (Å²) in [6.07, 6.45) is 11.3. The molecule has 0 atom stereocenters. The number of hydrogen-bond acceptors (Lipinski definition) is 3. The van der Waals surface area contributed by atoms with Crippen molar-refractivity contribution >= 4 is 6.29 Å². The first-order chi connectivity index (χ1) is 10.3.